The number of hydrogen-bond acceptors (Lipinski definition) is 5. The molecule has 4 rings (SSSR count). The summed E-state index contributed by atoms with van der Waals surface area (Å²) in [6, 6.07) is 16.7. The maximum atomic E-state index is 12.6. The Morgan fingerprint density at radius 2 is 1.97 bits per heavy atom. The van der Waals surface area contributed by atoms with Crippen LogP contribution in [0.3, 0.4) is 0 Å². The number of fused-ring (bicyclic) bond motifs is 1. The van der Waals surface area contributed by atoms with Crippen LogP contribution in [-0.4, -0.2) is 29.7 Å². The number of pyridine rings is 1. The third kappa shape index (κ3) is 5.58. The van der Waals surface area contributed by atoms with Gasteiger partial charge < -0.3 is 14.8 Å². The van der Waals surface area contributed by atoms with Crippen LogP contribution in [0.15, 0.2) is 65.7 Å². The number of ether oxygens (including phenoxy) is 2. The highest BCUT2D eigenvalue weighted by atomic mass is 35.5. The Labute approximate surface area is 199 Å². The number of benzene rings is 2. The van der Waals surface area contributed by atoms with E-state index in [4.69, 9.17) is 16.3 Å². The van der Waals surface area contributed by atoms with Crippen molar-refractivity contribution in [2.75, 3.05) is 14.2 Å². The number of alkyl halides is 2. The second kappa shape index (κ2) is 10.4. The molecule has 172 valence electrons. The van der Waals surface area contributed by atoms with Crippen LogP contribution in [0.25, 0.3) is 10.9 Å². The summed E-state index contributed by atoms with van der Waals surface area (Å²) in [4.78, 5) is 5.03. The molecule has 0 fully saturated rings. The molecule has 2 aromatic carbocycles. The molecule has 0 amide bonds. The van der Waals surface area contributed by atoms with E-state index in [-0.39, 0.29) is 5.75 Å². The lowest BCUT2D eigenvalue weighted by atomic mass is 10.0. The average Bonchev–Trinajstić information content (AvgIpc) is 3.11. The van der Waals surface area contributed by atoms with Gasteiger partial charge in [0.05, 0.1) is 12.6 Å². The number of nitrogens with one attached hydrogen (secondary N) is 1. The van der Waals surface area contributed by atoms with Crippen molar-refractivity contribution in [2.45, 2.75) is 24.5 Å². The van der Waals surface area contributed by atoms with Crippen molar-refractivity contribution in [3.63, 3.8) is 0 Å². The smallest absolute Gasteiger partial charge is 0.387 e. The van der Waals surface area contributed by atoms with Gasteiger partial charge in [0.25, 0.3) is 0 Å². The summed E-state index contributed by atoms with van der Waals surface area (Å²) in [6.45, 7) is -2.16. The Balaban J connectivity index is 1.67. The summed E-state index contributed by atoms with van der Waals surface area (Å²) in [5.41, 5.74) is 4.12. The fraction of sp³-hybridized carbons (Fsp3) is 0.208. The molecule has 0 aliphatic carbocycles. The Morgan fingerprint density at radius 3 is 2.70 bits per heavy atom. The molecule has 0 unspecified atom stereocenters. The number of aromatic nitrogens is 2. The minimum atomic E-state index is -2.86. The van der Waals surface area contributed by atoms with Crippen molar-refractivity contribution in [3.8, 4) is 11.6 Å². The van der Waals surface area contributed by atoms with E-state index in [0.29, 0.717) is 24.0 Å². The van der Waals surface area contributed by atoms with Gasteiger partial charge in [-0.3, -0.25) is 3.97 Å². The van der Waals surface area contributed by atoms with Crippen molar-refractivity contribution in [2.24, 2.45) is 0 Å². The van der Waals surface area contributed by atoms with Crippen molar-refractivity contribution >= 4 is 34.5 Å². The Morgan fingerprint density at radius 1 is 1.12 bits per heavy atom. The van der Waals surface area contributed by atoms with Gasteiger partial charge in [-0.25, -0.2) is 4.98 Å². The lowest BCUT2D eigenvalue weighted by molar-refractivity contribution is -0.0499. The summed E-state index contributed by atoms with van der Waals surface area (Å²) < 4.78 is 36.9. The molecule has 9 heteroatoms. The first-order chi connectivity index (χ1) is 16.0. The highest BCUT2D eigenvalue weighted by Crippen LogP contribution is 2.33. The van der Waals surface area contributed by atoms with Crippen LogP contribution in [0, 0.1) is 0 Å². The number of hydrogen-bond donors (Lipinski definition) is 1. The van der Waals surface area contributed by atoms with Gasteiger partial charge in [0.1, 0.15) is 10.9 Å². The van der Waals surface area contributed by atoms with Crippen molar-refractivity contribution < 1.29 is 18.3 Å². The van der Waals surface area contributed by atoms with E-state index in [2.05, 4.69) is 39.4 Å². The maximum absolute atomic E-state index is 12.6. The number of nitrogens with zero attached hydrogens (tertiary/aromatic N) is 2. The van der Waals surface area contributed by atoms with Gasteiger partial charge in [-0.15, -0.1) is 0 Å². The van der Waals surface area contributed by atoms with E-state index < -0.39 is 6.61 Å². The third-order valence-electron chi connectivity index (χ3n) is 5.02. The number of halogens is 3. The highest BCUT2D eigenvalue weighted by molar-refractivity contribution is 7.98. The summed E-state index contributed by atoms with van der Waals surface area (Å²) in [5, 5.41) is 4.71. The summed E-state index contributed by atoms with van der Waals surface area (Å²) >= 11 is 7.77. The zero-order valence-electron chi connectivity index (χ0n) is 18.0. The summed E-state index contributed by atoms with van der Waals surface area (Å²) in [6.07, 6.45) is 2.67. The average molecular weight is 490 g/mol. The molecule has 0 aliphatic heterocycles. The van der Waals surface area contributed by atoms with E-state index in [1.54, 1.807) is 25.3 Å². The van der Waals surface area contributed by atoms with Crippen molar-refractivity contribution in [1.82, 2.24) is 14.3 Å². The molecule has 0 radical (unpaired) electrons. The minimum Gasteiger partial charge on any atom is -0.481 e. The van der Waals surface area contributed by atoms with Gasteiger partial charge in [0.2, 0.25) is 5.88 Å². The second-order valence-corrected chi connectivity index (χ2v) is 8.69. The number of methoxy groups -OCH3 is 1. The minimum absolute atomic E-state index is 0.129. The van der Waals surface area contributed by atoms with E-state index >= 15 is 0 Å². The van der Waals surface area contributed by atoms with Gasteiger partial charge in [-0.2, -0.15) is 8.78 Å². The molecule has 0 saturated carbocycles. The molecule has 4 aromatic rings. The van der Waals surface area contributed by atoms with Crippen LogP contribution in [0.5, 0.6) is 11.6 Å². The first-order valence-electron chi connectivity index (χ1n) is 10.2. The Kier molecular flexibility index (Phi) is 7.37. The van der Waals surface area contributed by atoms with Gasteiger partial charge in [-0.1, -0.05) is 35.9 Å². The van der Waals surface area contributed by atoms with E-state index in [1.807, 2.05) is 23.2 Å². The van der Waals surface area contributed by atoms with E-state index in [1.165, 1.54) is 18.0 Å². The monoisotopic (exact) mass is 489 g/mol. The zero-order chi connectivity index (χ0) is 23.4. The lowest BCUT2D eigenvalue weighted by Crippen LogP contribution is -2.04. The molecule has 0 spiro atoms. The predicted molar refractivity (Wildman–Crippen MR) is 128 cm³/mol. The Bertz CT molecular complexity index is 1270. The lowest BCUT2D eigenvalue weighted by Gasteiger charge is -2.09. The van der Waals surface area contributed by atoms with Crippen LogP contribution in [0.2, 0.25) is 5.15 Å². The molecule has 0 aliphatic rings. The van der Waals surface area contributed by atoms with Crippen LogP contribution < -0.4 is 14.8 Å². The molecular formula is C24H22ClF2N3O2S. The summed E-state index contributed by atoms with van der Waals surface area (Å²) in [5.74, 6) is 0.600. The molecule has 33 heavy (non-hydrogen) atoms. The van der Waals surface area contributed by atoms with E-state index in [9.17, 15) is 8.78 Å². The molecule has 1 N–H and O–H groups in total. The SMILES string of the molecule is CNCc1cn(Sc2cccc(OC(F)F)c2)c2cc(Cc3ccc(OC)nc3Cl)ccc12. The molecule has 2 aromatic heterocycles. The summed E-state index contributed by atoms with van der Waals surface area (Å²) in [7, 11) is 3.45. The van der Waals surface area contributed by atoms with Gasteiger partial charge in [-0.05, 0) is 60.0 Å². The van der Waals surface area contributed by atoms with Gasteiger partial charge >= 0.3 is 6.61 Å². The van der Waals surface area contributed by atoms with Crippen LogP contribution >= 0.6 is 23.5 Å². The van der Waals surface area contributed by atoms with Crippen molar-refractivity contribution in [1.29, 1.82) is 0 Å². The van der Waals surface area contributed by atoms with E-state index in [0.717, 1.165) is 32.5 Å². The van der Waals surface area contributed by atoms with Crippen molar-refractivity contribution in [3.05, 3.63) is 82.6 Å². The van der Waals surface area contributed by atoms with Crippen LogP contribution in [-0.2, 0) is 13.0 Å². The first-order valence-corrected chi connectivity index (χ1v) is 11.3. The van der Waals surface area contributed by atoms with Crippen LogP contribution in [0.1, 0.15) is 16.7 Å². The predicted octanol–water partition coefficient (Wildman–Crippen LogP) is 6.17. The molecule has 0 saturated heterocycles. The van der Waals surface area contributed by atoms with Gasteiger partial charge in [0, 0.05) is 35.5 Å². The maximum Gasteiger partial charge on any atom is 0.387 e. The zero-order valence-corrected chi connectivity index (χ0v) is 19.6. The molecule has 0 bridgehead atoms. The fourth-order valence-electron chi connectivity index (χ4n) is 3.56. The Hall–Kier alpha value is -2.81. The largest absolute Gasteiger partial charge is 0.481 e. The van der Waals surface area contributed by atoms with Crippen LogP contribution in [0.4, 0.5) is 8.78 Å². The van der Waals surface area contributed by atoms with Gasteiger partial charge in [0.15, 0.2) is 0 Å². The molecule has 5 nitrogen and oxygen atoms in total. The number of rotatable bonds is 9. The molecule has 0 atom stereocenters. The second-order valence-electron chi connectivity index (χ2n) is 7.29. The standard InChI is InChI=1S/C24H22ClF2N3O2S/c1-28-13-17-14-30(33-19-5-3-4-18(12-19)32-24(26)27)21-11-15(6-8-20(17)21)10-16-7-9-22(31-2)29-23(16)25/h3-9,11-12,14,24,28H,10,13H2,1-2H3. The third-order valence-corrected chi connectivity index (χ3v) is 6.32. The quantitative estimate of drug-likeness (QED) is 0.285. The topological polar surface area (TPSA) is 48.3 Å². The molecular weight excluding hydrogens is 468 g/mol. The normalized spacial score (nSPS) is 11.3. The fourth-order valence-corrected chi connectivity index (χ4v) is 4.74. The molecule has 2 heterocycles. The first kappa shape index (κ1) is 23.4. The highest BCUT2D eigenvalue weighted by Gasteiger charge is 2.13.